The summed E-state index contributed by atoms with van der Waals surface area (Å²) >= 11 is 1.46. The molecule has 2 aromatic carbocycles. The van der Waals surface area contributed by atoms with Crippen molar-refractivity contribution < 1.29 is 4.79 Å². The van der Waals surface area contributed by atoms with E-state index in [-0.39, 0.29) is 11.2 Å². The first-order valence-electron chi connectivity index (χ1n) is 8.92. The highest BCUT2D eigenvalue weighted by molar-refractivity contribution is 8.00. The number of hydrogen-bond donors (Lipinski definition) is 2. The number of aryl methyl sites for hydroxylation is 1. The molecule has 1 amide bonds. The molecule has 0 spiro atoms. The van der Waals surface area contributed by atoms with Gasteiger partial charge < -0.3 is 10.3 Å². The molecule has 0 saturated heterocycles. The Labute approximate surface area is 161 Å². The SMILES string of the molecule is CCC(Sc1nc2ccccc2[nH]1)C(=O)Nc1cc(C)nc2ccccc12. The number of hydrogen-bond acceptors (Lipinski definition) is 4. The standard InChI is InChI=1S/C21H20N4OS/c1-3-19(27-21-24-16-10-6-7-11-17(16)25-21)20(26)23-18-12-13(2)22-15-9-5-4-8-14(15)18/h4-12,19H,3H2,1-2H3,(H,24,25)(H,22,23,26). The molecule has 0 aliphatic heterocycles. The number of imidazole rings is 1. The Morgan fingerprint density at radius 2 is 1.85 bits per heavy atom. The van der Waals surface area contributed by atoms with Crippen molar-refractivity contribution in [3.8, 4) is 0 Å². The van der Waals surface area contributed by atoms with Gasteiger partial charge in [-0.1, -0.05) is 49.0 Å². The molecule has 0 bridgehead atoms. The summed E-state index contributed by atoms with van der Waals surface area (Å²) in [5, 5.41) is 4.55. The maximum Gasteiger partial charge on any atom is 0.237 e. The van der Waals surface area contributed by atoms with E-state index in [0.717, 1.165) is 38.5 Å². The molecular formula is C21H20N4OS. The second-order valence-corrected chi connectivity index (χ2v) is 7.58. The molecule has 1 atom stereocenters. The Morgan fingerprint density at radius 1 is 1.11 bits per heavy atom. The van der Waals surface area contributed by atoms with Crippen LogP contribution in [0.15, 0.2) is 59.8 Å². The average Bonchev–Trinajstić information content (AvgIpc) is 3.08. The van der Waals surface area contributed by atoms with Crippen LogP contribution < -0.4 is 5.32 Å². The fraction of sp³-hybridized carbons (Fsp3) is 0.190. The number of amides is 1. The lowest BCUT2D eigenvalue weighted by Gasteiger charge is -2.15. The van der Waals surface area contributed by atoms with E-state index in [4.69, 9.17) is 0 Å². The number of aromatic nitrogens is 3. The van der Waals surface area contributed by atoms with Gasteiger partial charge in [0.2, 0.25) is 5.91 Å². The summed E-state index contributed by atoms with van der Waals surface area (Å²) in [6.07, 6.45) is 0.704. The molecule has 0 saturated carbocycles. The summed E-state index contributed by atoms with van der Waals surface area (Å²) in [6.45, 7) is 3.94. The molecule has 2 aromatic heterocycles. The number of carbonyl (C=O) groups excluding carboxylic acids is 1. The van der Waals surface area contributed by atoms with Gasteiger partial charge in [-0.05, 0) is 37.6 Å². The van der Waals surface area contributed by atoms with E-state index < -0.39 is 0 Å². The van der Waals surface area contributed by atoms with Crippen LogP contribution in [0.3, 0.4) is 0 Å². The summed E-state index contributed by atoms with van der Waals surface area (Å²) in [6, 6.07) is 17.6. The Kier molecular flexibility index (Phi) is 4.81. The molecule has 27 heavy (non-hydrogen) atoms. The molecule has 6 heteroatoms. The smallest absolute Gasteiger partial charge is 0.237 e. The number of H-pyrrole nitrogens is 1. The van der Waals surface area contributed by atoms with Crippen LogP contribution in [0.4, 0.5) is 5.69 Å². The van der Waals surface area contributed by atoms with Crippen LogP contribution in [-0.2, 0) is 4.79 Å². The monoisotopic (exact) mass is 376 g/mol. The molecule has 4 rings (SSSR count). The second-order valence-electron chi connectivity index (χ2n) is 6.39. The lowest BCUT2D eigenvalue weighted by molar-refractivity contribution is -0.115. The van der Waals surface area contributed by atoms with Crippen LogP contribution in [0, 0.1) is 6.92 Å². The van der Waals surface area contributed by atoms with Gasteiger partial charge in [-0.3, -0.25) is 9.78 Å². The summed E-state index contributed by atoms with van der Waals surface area (Å²) in [4.78, 5) is 25.3. The van der Waals surface area contributed by atoms with Crippen molar-refractivity contribution in [2.45, 2.75) is 30.7 Å². The summed E-state index contributed by atoms with van der Waals surface area (Å²) in [5.41, 5.74) is 4.44. The molecule has 4 aromatic rings. The zero-order chi connectivity index (χ0) is 18.8. The number of fused-ring (bicyclic) bond motifs is 2. The van der Waals surface area contributed by atoms with Crippen LogP contribution in [0.1, 0.15) is 19.0 Å². The van der Waals surface area contributed by atoms with E-state index in [1.807, 2.05) is 68.4 Å². The Bertz CT molecular complexity index is 1090. The van der Waals surface area contributed by atoms with Crippen molar-refractivity contribution in [1.29, 1.82) is 0 Å². The number of thioether (sulfide) groups is 1. The first-order chi connectivity index (χ1) is 13.1. The Hall–Kier alpha value is -2.86. The van der Waals surface area contributed by atoms with Crippen LogP contribution in [0.5, 0.6) is 0 Å². The lowest BCUT2D eigenvalue weighted by Crippen LogP contribution is -2.25. The van der Waals surface area contributed by atoms with E-state index in [0.29, 0.717) is 6.42 Å². The zero-order valence-electron chi connectivity index (χ0n) is 15.2. The normalized spacial score (nSPS) is 12.4. The van der Waals surface area contributed by atoms with E-state index in [1.165, 1.54) is 11.8 Å². The average molecular weight is 376 g/mol. The topological polar surface area (TPSA) is 70.7 Å². The molecular weight excluding hydrogens is 356 g/mol. The van der Waals surface area contributed by atoms with E-state index in [2.05, 4.69) is 20.3 Å². The van der Waals surface area contributed by atoms with Gasteiger partial charge in [0.15, 0.2) is 5.16 Å². The fourth-order valence-electron chi connectivity index (χ4n) is 3.07. The highest BCUT2D eigenvalue weighted by atomic mass is 32.2. The molecule has 2 N–H and O–H groups in total. The van der Waals surface area contributed by atoms with Crippen LogP contribution >= 0.6 is 11.8 Å². The number of carbonyl (C=O) groups is 1. The van der Waals surface area contributed by atoms with Crippen LogP contribution in [0.25, 0.3) is 21.9 Å². The molecule has 0 radical (unpaired) electrons. The fourth-order valence-corrected chi connectivity index (χ4v) is 3.99. The first-order valence-corrected chi connectivity index (χ1v) is 9.80. The maximum atomic E-state index is 12.9. The molecule has 0 fully saturated rings. The molecule has 0 aliphatic rings. The number of nitrogens with zero attached hydrogens (tertiary/aromatic N) is 2. The summed E-state index contributed by atoms with van der Waals surface area (Å²) < 4.78 is 0. The summed E-state index contributed by atoms with van der Waals surface area (Å²) in [5.74, 6) is -0.0290. The minimum atomic E-state index is -0.238. The molecule has 0 aliphatic carbocycles. The predicted molar refractivity (Wildman–Crippen MR) is 111 cm³/mol. The van der Waals surface area contributed by atoms with Gasteiger partial charge in [0, 0.05) is 11.1 Å². The third-order valence-corrected chi connectivity index (χ3v) is 5.64. The van der Waals surface area contributed by atoms with Crippen molar-refractivity contribution in [3.63, 3.8) is 0 Å². The van der Waals surface area contributed by atoms with Gasteiger partial charge >= 0.3 is 0 Å². The number of pyridine rings is 1. The van der Waals surface area contributed by atoms with Crippen molar-refractivity contribution in [1.82, 2.24) is 15.0 Å². The number of nitrogens with one attached hydrogen (secondary N) is 2. The van der Waals surface area contributed by atoms with Crippen LogP contribution in [0.2, 0.25) is 0 Å². The largest absolute Gasteiger partial charge is 0.333 e. The predicted octanol–water partition coefficient (Wildman–Crippen LogP) is 4.93. The second kappa shape index (κ2) is 7.40. The molecule has 136 valence electrons. The van der Waals surface area contributed by atoms with Gasteiger partial charge in [-0.15, -0.1) is 0 Å². The molecule has 5 nitrogen and oxygen atoms in total. The van der Waals surface area contributed by atoms with Crippen molar-refractivity contribution in [3.05, 3.63) is 60.3 Å². The molecule has 2 heterocycles. The molecule has 1 unspecified atom stereocenters. The van der Waals surface area contributed by atoms with Gasteiger partial charge in [0.05, 0.1) is 27.5 Å². The zero-order valence-corrected chi connectivity index (χ0v) is 16.0. The number of aromatic amines is 1. The van der Waals surface area contributed by atoms with E-state index in [1.54, 1.807) is 0 Å². The minimum absolute atomic E-state index is 0.0290. The quantitative estimate of drug-likeness (QED) is 0.485. The van der Waals surface area contributed by atoms with Crippen molar-refractivity contribution in [2.24, 2.45) is 0 Å². The number of anilines is 1. The first kappa shape index (κ1) is 17.5. The third kappa shape index (κ3) is 3.66. The minimum Gasteiger partial charge on any atom is -0.333 e. The van der Waals surface area contributed by atoms with Crippen LogP contribution in [-0.4, -0.2) is 26.1 Å². The van der Waals surface area contributed by atoms with Gasteiger partial charge in [0.25, 0.3) is 0 Å². The Balaban J connectivity index is 1.57. The van der Waals surface area contributed by atoms with E-state index >= 15 is 0 Å². The number of benzene rings is 2. The van der Waals surface area contributed by atoms with Crippen molar-refractivity contribution >= 4 is 45.3 Å². The van der Waals surface area contributed by atoms with Crippen molar-refractivity contribution in [2.75, 3.05) is 5.32 Å². The summed E-state index contributed by atoms with van der Waals surface area (Å²) in [7, 11) is 0. The number of rotatable bonds is 5. The maximum absolute atomic E-state index is 12.9. The van der Waals surface area contributed by atoms with Gasteiger partial charge in [0.1, 0.15) is 0 Å². The van der Waals surface area contributed by atoms with Gasteiger partial charge in [-0.2, -0.15) is 0 Å². The third-order valence-electron chi connectivity index (χ3n) is 4.39. The number of para-hydroxylation sites is 3. The van der Waals surface area contributed by atoms with Gasteiger partial charge in [-0.25, -0.2) is 4.98 Å². The Morgan fingerprint density at radius 3 is 2.63 bits per heavy atom. The van der Waals surface area contributed by atoms with E-state index in [9.17, 15) is 4.79 Å². The highest BCUT2D eigenvalue weighted by Crippen LogP contribution is 2.28. The lowest BCUT2D eigenvalue weighted by atomic mass is 10.1. The highest BCUT2D eigenvalue weighted by Gasteiger charge is 2.21.